The van der Waals surface area contributed by atoms with Crippen LogP contribution in [0.1, 0.15) is 6.42 Å². The Labute approximate surface area is 86.2 Å². The maximum Gasteiger partial charge on any atom is 0.327 e. The van der Waals surface area contributed by atoms with Gasteiger partial charge in [0.1, 0.15) is 12.8 Å². The Morgan fingerprint density at radius 1 is 1.58 bits per heavy atom. The fourth-order valence-corrected chi connectivity index (χ4v) is 4.74. The highest BCUT2D eigenvalue weighted by Gasteiger charge is 2.35. The van der Waals surface area contributed by atoms with Crippen molar-refractivity contribution in [2.24, 2.45) is 0 Å². The molecule has 1 aliphatic heterocycles. The smallest absolute Gasteiger partial charge is 0.208 e. The molecule has 0 bridgehead atoms. The van der Waals surface area contributed by atoms with E-state index in [1.165, 1.54) is 11.4 Å². The molecule has 0 amide bonds. The van der Waals surface area contributed by atoms with Gasteiger partial charge in [-0.1, -0.05) is 21.6 Å². The zero-order chi connectivity index (χ0) is 9.03. The van der Waals surface area contributed by atoms with Gasteiger partial charge in [-0.25, -0.2) is 4.89 Å². The van der Waals surface area contributed by atoms with Crippen LogP contribution in [-0.2, 0) is 4.52 Å². The van der Waals surface area contributed by atoms with E-state index >= 15 is 0 Å². The van der Waals surface area contributed by atoms with Crippen LogP contribution in [0.25, 0.3) is 0 Å². The molecule has 1 aliphatic rings. The molecule has 12 heavy (non-hydrogen) atoms. The van der Waals surface area contributed by atoms with Crippen molar-refractivity contribution in [2.75, 3.05) is 24.4 Å². The molecule has 72 valence electrons. The molecular formula is C6H14O2PS3+. The average Bonchev–Trinajstić information content (AvgIpc) is 2.06. The van der Waals surface area contributed by atoms with Crippen LogP contribution < -0.4 is 0 Å². The highest BCUT2D eigenvalue weighted by atomic mass is 33.1. The molecule has 0 radical (unpaired) electrons. The summed E-state index contributed by atoms with van der Waals surface area (Å²) in [5.41, 5.74) is 0. The summed E-state index contributed by atoms with van der Waals surface area (Å²) in [4.78, 5) is 9.71. The first-order valence-corrected chi connectivity index (χ1v) is 10.1. The summed E-state index contributed by atoms with van der Waals surface area (Å²) in [6, 6.07) is 0. The SMILES string of the molecule is CS[P+](C)(O)O[C@@H]1CCSSC1. The lowest BCUT2D eigenvalue weighted by molar-refractivity contribution is 0.221. The van der Waals surface area contributed by atoms with Crippen LogP contribution in [0.4, 0.5) is 0 Å². The Kier molecular flexibility index (Phi) is 5.09. The Morgan fingerprint density at radius 2 is 2.33 bits per heavy atom. The summed E-state index contributed by atoms with van der Waals surface area (Å²) in [6.45, 7) is -0.288. The van der Waals surface area contributed by atoms with Gasteiger partial charge in [0.15, 0.2) is 0 Å². The number of hydrogen-bond donors (Lipinski definition) is 1. The summed E-state index contributed by atoms with van der Waals surface area (Å²) in [6.07, 6.45) is 3.25. The van der Waals surface area contributed by atoms with Gasteiger partial charge in [-0.05, 0) is 6.42 Å². The van der Waals surface area contributed by atoms with Crippen molar-refractivity contribution in [2.45, 2.75) is 12.5 Å². The third-order valence-electron chi connectivity index (χ3n) is 1.54. The third kappa shape index (κ3) is 4.07. The quantitative estimate of drug-likeness (QED) is 0.610. The lowest BCUT2D eigenvalue weighted by atomic mass is 10.3. The highest BCUT2D eigenvalue weighted by molar-refractivity contribution is 8.76. The van der Waals surface area contributed by atoms with Crippen molar-refractivity contribution in [1.82, 2.24) is 0 Å². The summed E-state index contributed by atoms with van der Waals surface area (Å²) in [5, 5.41) is 0. The highest BCUT2D eigenvalue weighted by Crippen LogP contribution is 2.64. The van der Waals surface area contributed by atoms with Gasteiger partial charge in [0.25, 0.3) is 0 Å². The predicted molar refractivity (Wildman–Crippen MR) is 63.0 cm³/mol. The molecule has 0 aromatic rings. The molecule has 1 N–H and O–H groups in total. The largest absolute Gasteiger partial charge is 0.327 e. The van der Waals surface area contributed by atoms with E-state index in [2.05, 4.69) is 0 Å². The van der Waals surface area contributed by atoms with E-state index in [0.717, 1.165) is 17.9 Å². The van der Waals surface area contributed by atoms with Crippen molar-refractivity contribution >= 4 is 39.9 Å². The zero-order valence-corrected chi connectivity index (χ0v) is 10.6. The van der Waals surface area contributed by atoms with Gasteiger partial charge in [0, 0.05) is 17.8 Å². The molecule has 1 fully saturated rings. The van der Waals surface area contributed by atoms with Crippen LogP contribution in [0.2, 0.25) is 0 Å². The summed E-state index contributed by atoms with van der Waals surface area (Å²) >= 11 is 1.45. The summed E-state index contributed by atoms with van der Waals surface area (Å²) in [5.74, 6) is 2.16. The number of hydrogen-bond acceptors (Lipinski definition) is 5. The van der Waals surface area contributed by atoms with E-state index in [0.29, 0.717) is 0 Å². The molecule has 1 unspecified atom stereocenters. The van der Waals surface area contributed by atoms with Crippen molar-refractivity contribution < 1.29 is 9.42 Å². The summed E-state index contributed by atoms with van der Waals surface area (Å²) < 4.78 is 5.62. The van der Waals surface area contributed by atoms with Gasteiger partial charge in [-0.15, -0.1) is 0 Å². The van der Waals surface area contributed by atoms with Crippen LogP contribution in [-0.4, -0.2) is 35.4 Å². The molecule has 0 spiro atoms. The molecule has 0 saturated carbocycles. The molecule has 1 saturated heterocycles. The normalized spacial score (nSPS) is 29.8. The first-order chi connectivity index (χ1) is 5.64. The molecule has 2 atom stereocenters. The second-order valence-electron chi connectivity index (χ2n) is 2.61. The number of rotatable bonds is 3. The Hall–Kier alpha value is 1.40. The molecular weight excluding hydrogens is 231 g/mol. The van der Waals surface area contributed by atoms with Gasteiger partial charge in [-0.3, -0.25) is 0 Å². The minimum atomic E-state index is -2.10. The van der Waals surface area contributed by atoms with Crippen LogP contribution >= 0.6 is 39.9 Å². The monoisotopic (exact) mass is 245 g/mol. The lowest BCUT2D eigenvalue weighted by Crippen LogP contribution is -2.18. The third-order valence-corrected chi connectivity index (χ3v) is 7.69. The zero-order valence-electron chi connectivity index (χ0n) is 7.23. The molecule has 0 aromatic heterocycles. The Morgan fingerprint density at radius 3 is 2.83 bits per heavy atom. The molecule has 1 rings (SSSR count). The van der Waals surface area contributed by atoms with E-state index < -0.39 is 6.92 Å². The second kappa shape index (κ2) is 5.32. The van der Waals surface area contributed by atoms with E-state index in [9.17, 15) is 4.89 Å². The van der Waals surface area contributed by atoms with Crippen LogP contribution in [0.3, 0.4) is 0 Å². The van der Waals surface area contributed by atoms with Crippen molar-refractivity contribution in [3.63, 3.8) is 0 Å². The van der Waals surface area contributed by atoms with E-state index in [1.54, 1.807) is 0 Å². The van der Waals surface area contributed by atoms with E-state index in [1.807, 2.05) is 34.5 Å². The van der Waals surface area contributed by atoms with Gasteiger partial charge in [-0.2, -0.15) is 4.52 Å². The van der Waals surface area contributed by atoms with Crippen LogP contribution in [0, 0.1) is 0 Å². The van der Waals surface area contributed by atoms with E-state index in [4.69, 9.17) is 4.52 Å². The second-order valence-corrected chi connectivity index (χ2v) is 10.5. The standard InChI is InChI=1S/C6H14O2PS3/c1-9(7,10-2)8-6-3-4-11-12-5-6/h6-7H,3-5H2,1-2H3/q+1/t6-,9?/m1/s1. The minimum Gasteiger partial charge on any atom is -0.208 e. The maximum absolute atomic E-state index is 9.71. The van der Waals surface area contributed by atoms with Gasteiger partial charge in [0.2, 0.25) is 0 Å². The van der Waals surface area contributed by atoms with Crippen molar-refractivity contribution in [3.05, 3.63) is 0 Å². The molecule has 1 heterocycles. The van der Waals surface area contributed by atoms with Gasteiger partial charge in [0.05, 0.1) is 11.4 Å². The molecule has 2 nitrogen and oxygen atoms in total. The topological polar surface area (TPSA) is 29.5 Å². The maximum atomic E-state index is 9.71. The van der Waals surface area contributed by atoms with E-state index in [-0.39, 0.29) is 6.10 Å². The van der Waals surface area contributed by atoms with Crippen molar-refractivity contribution in [3.8, 4) is 0 Å². The average molecular weight is 245 g/mol. The van der Waals surface area contributed by atoms with Crippen molar-refractivity contribution in [1.29, 1.82) is 0 Å². The van der Waals surface area contributed by atoms with Gasteiger partial charge < -0.3 is 0 Å². The fraction of sp³-hybridized carbons (Fsp3) is 1.00. The molecule has 0 aromatic carbocycles. The van der Waals surface area contributed by atoms with Crippen LogP contribution in [0.5, 0.6) is 0 Å². The summed E-state index contributed by atoms with van der Waals surface area (Å²) in [7, 11) is 3.74. The predicted octanol–water partition coefficient (Wildman–Crippen LogP) is 2.90. The Bertz CT molecular complexity index is 139. The first kappa shape index (κ1) is 11.5. The first-order valence-electron chi connectivity index (χ1n) is 3.72. The lowest BCUT2D eigenvalue weighted by Gasteiger charge is -2.21. The van der Waals surface area contributed by atoms with Crippen LogP contribution in [0.15, 0.2) is 0 Å². The minimum absolute atomic E-state index is 0.270. The molecule has 6 heteroatoms. The van der Waals surface area contributed by atoms with Gasteiger partial charge >= 0.3 is 6.92 Å². The Balaban J connectivity index is 2.28. The molecule has 0 aliphatic carbocycles. The fourth-order valence-electron chi connectivity index (χ4n) is 0.849.